The van der Waals surface area contributed by atoms with E-state index in [-0.39, 0.29) is 12.5 Å². The number of hydrogen-bond acceptors (Lipinski definition) is 4. The van der Waals surface area contributed by atoms with E-state index in [1.807, 2.05) is 78.9 Å². The Bertz CT molecular complexity index is 876. The molecule has 0 aromatic heterocycles. The minimum Gasteiger partial charge on any atom is -0.402 e. The van der Waals surface area contributed by atoms with E-state index in [1.165, 1.54) is 0 Å². The quantitative estimate of drug-likeness (QED) is 0.343. The first-order valence-electron chi connectivity index (χ1n) is 11.4. The van der Waals surface area contributed by atoms with E-state index < -0.39 is 12.9 Å². The average Bonchev–Trinajstić information content (AvgIpc) is 2.80. The van der Waals surface area contributed by atoms with Gasteiger partial charge in [-0.3, -0.25) is 0 Å². The Balaban J connectivity index is 0.000000479. The maximum atomic E-state index is 9.84. The van der Waals surface area contributed by atoms with Crippen LogP contribution < -0.4 is 0 Å². The molecule has 5 nitrogen and oxygen atoms in total. The third-order valence-electron chi connectivity index (χ3n) is 5.57. The molecular weight excluding hydrogens is 413 g/mol. The Morgan fingerprint density at radius 1 is 0.788 bits per heavy atom. The highest BCUT2D eigenvalue weighted by Gasteiger charge is 2.45. The van der Waals surface area contributed by atoms with Crippen molar-refractivity contribution >= 4 is 7.32 Å². The molecule has 3 rings (SSSR count). The Morgan fingerprint density at radius 2 is 1.21 bits per heavy atom. The van der Waals surface area contributed by atoms with Gasteiger partial charge in [-0.25, -0.2) is 0 Å². The number of aliphatic hydroxyl groups is 1. The SMILES string of the molecule is CCC(c1ccccc1)C(OB(O)O)(c1ccccc1)c1ccccc1.C[N+](C)(C)CCO. The molecule has 1 atom stereocenters. The topological polar surface area (TPSA) is 69.9 Å². The summed E-state index contributed by atoms with van der Waals surface area (Å²) in [5.41, 5.74) is 1.83. The number of rotatable bonds is 9. The molecule has 0 amide bonds. The molecule has 33 heavy (non-hydrogen) atoms. The van der Waals surface area contributed by atoms with Crippen LogP contribution in [-0.4, -0.2) is 61.3 Å². The van der Waals surface area contributed by atoms with Crippen LogP contribution in [0.2, 0.25) is 0 Å². The molecule has 1 unspecified atom stereocenters. The first kappa shape index (κ1) is 26.8. The summed E-state index contributed by atoms with van der Waals surface area (Å²) in [4.78, 5) is 0. The van der Waals surface area contributed by atoms with Crippen molar-refractivity contribution in [3.8, 4) is 0 Å². The van der Waals surface area contributed by atoms with Crippen LogP contribution in [0.4, 0.5) is 0 Å². The third kappa shape index (κ3) is 7.52. The number of quaternary nitrogens is 1. The molecule has 3 N–H and O–H groups in total. The number of hydrogen-bond donors (Lipinski definition) is 3. The summed E-state index contributed by atoms with van der Waals surface area (Å²) in [5.74, 6) is -0.102. The minimum absolute atomic E-state index is 0.102. The molecule has 0 aliphatic heterocycles. The van der Waals surface area contributed by atoms with E-state index in [1.54, 1.807) is 0 Å². The molecule has 0 saturated heterocycles. The fourth-order valence-corrected chi connectivity index (χ4v) is 4.07. The monoisotopic (exact) mass is 450 g/mol. The van der Waals surface area contributed by atoms with E-state index >= 15 is 0 Å². The van der Waals surface area contributed by atoms with Crippen molar-refractivity contribution in [2.45, 2.75) is 24.9 Å². The van der Waals surface area contributed by atoms with Gasteiger partial charge in [-0.15, -0.1) is 0 Å². The Labute approximate surface area is 198 Å². The van der Waals surface area contributed by atoms with E-state index in [2.05, 4.69) is 40.2 Å². The van der Waals surface area contributed by atoms with Gasteiger partial charge >= 0.3 is 7.32 Å². The molecule has 6 heteroatoms. The predicted molar refractivity (Wildman–Crippen MR) is 134 cm³/mol. The summed E-state index contributed by atoms with van der Waals surface area (Å²) in [6, 6.07) is 29.6. The van der Waals surface area contributed by atoms with Gasteiger partial charge in [0.2, 0.25) is 0 Å². The van der Waals surface area contributed by atoms with E-state index in [0.717, 1.165) is 34.1 Å². The van der Waals surface area contributed by atoms with Crippen molar-refractivity contribution in [1.82, 2.24) is 0 Å². The third-order valence-corrected chi connectivity index (χ3v) is 5.57. The van der Waals surface area contributed by atoms with Gasteiger partial charge in [-0.1, -0.05) is 97.9 Å². The van der Waals surface area contributed by atoms with E-state index in [9.17, 15) is 10.0 Å². The first-order valence-corrected chi connectivity index (χ1v) is 11.4. The Morgan fingerprint density at radius 3 is 1.52 bits per heavy atom. The molecule has 176 valence electrons. The number of aliphatic hydroxyl groups excluding tert-OH is 1. The summed E-state index contributed by atoms with van der Waals surface area (Å²) in [5, 5.41) is 28.1. The number of benzene rings is 3. The summed E-state index contributed by atoms with van der Waals surface area (Å²) in [7, 11) is 4.26. The normalized spacial score (nSPS) is 12.5. The van der Waals surface area contributed by atoms with Crippen LogP contribution in [0.15, 0.2) is 91.0 Å². The van der Waals surface area contributed by atoms with Crippen LogP contribution in [0, 0.1) is 0 Å². The zero-order chi connectivity index (χ0) is 24.3. The van der Waals surface area contributed by atoms with Crippen molar-refractivity contribution in [3.05, 3.63) is 108 Å². The molecule has 3 aromatic rings. The van der Waals surface area contributed by atoms with Crippen molar-refractivity contribution in [2.75, 3.05) is 34.3 Å². The zero-order valence-corrected chi connectivity index (χ0v) is 20.1. The zero-order valence-electron chi connectivity index (χ0n) is 20.1. The van der Waals surface area contributed by atoms with Crippen molar-refractivity contribution in [3.63, 3.8) is 0 Å². The molecule has 0 bridgehead atoms. The van der Waals surface area contributed by atoms with Gasteiger partial charge in [0, 0.05) is 5.92 Å². The Kier molecular flexibility index (Phi) is 10.3. The van der Waals surface area contributed by atoms with Gasteiger partial charge in [0.15, 0.2) is 0 Å². The predicted octanol–water partition coefficient (Wildman–Crippen LogP) is 3.80. The lowest BCUT2D eigenvalue weighted by Crippen LogP contribution is -2.43. The smallest absolute Gasteiger partial charge is 0.402 e. The highest BCUT2D eigenvalue weighted by molar-refractivity contribution is 6.32. The maximum absolute atomic E-state index is 9.84. The molecule has 0 fully saturated rings. The maximum Gasteiger partial charge on any atom is 0.634 e. The minimum atomic E-state index is -1.90. The molecule has 0 radical (unpaired) electrons. The number of likely N-dealkylation sites (N-methyl/N-ethyl adjacent to an activating group) is 1. The second-order valence-corrected chi connectivity index (χ2v) is 9.02. The molecular formula is C27H37BNO4+. The summed E-state index contributed by atoms with van der Waals surface area (Å²) in [6.45, 7) is 3.20. The van der Waals surface area contributed by atoms with Gasteiger partial charge in [-0.05, 0) is 23.1 Å². The van der Waals surface area contributed by atoms with Gasteiger partial charge in [0.1, 0.15) is 12.1 Å². The van der Waals surface area contributed by atoms with Gasteiger partial charge < -0.3 is 24.3 Å². The van der Waals surface area contributed by atoms with Gasteiger partial charge in [-0.2, -0.15) is 0 Å². The van der Waals surface area contributed by atoms with Crippen LogP contribution in [0.5, 0.6) is 0 Å². The second kappa shape index (κ2) is 12.7. The number of nitrogens with zero attached hydrogens (tertiary/aromatic N) is 1. The van der Waals surface area contributed by atoms with Crippen molar-refractivity contribution in [1.29, 1.82) is 0 Å². The van der Waals surface area contributed by atoms with Crippen LogP contribution in [0.1, 0.15) is 36.0 Å². The Hall–Kier alpha value is -2.48. The van der Waals surface area contributed by atoms with Crippen LogP contribution >= 0.6 is 0 Å². The molecule has 0 aliphatic carbocycles. The fourth-order valence-electron chi connectivity index (χ4n) is 4.07. The van der Waals surface area contributed by atoms with Gasteiger partial charge in [0.05, 0.1) is 27.7 Å². The van der Waals surface area contributed by atoms with Gasteiger partial charge in [0.25, 0.3) is 0 Å². The lowest BCUT2D eigenvalue weighted by molar-refractivity contribution is -0.870. The molecule has 0 aliphatic rings. The fraction of sp³-hybridized carbons (Fsp3) is 0.333. The first-order chi connectivity index (χ1) is 15.7. The largest absolute Gasteiger partial charge is 0.634 e. The summed E-state index contributed by atoms with van der Waals surface area (Å²) < 4.78 is 6.77. The highest BCUT2D eigenvalue weighted by atomic mass is 16.6. The van der Waals surface area contributed by atoms with E-state index in [4.69, 9.17) is 9.76 Å². The highest BCUT2D eigenvalue weighted by Crippen LogP contribution is 2.47. The average molecular weight is 450 g/mol. The summed E-state index contributed by atoms with van der Waals surface area (Å²) in [6.07, 6.45) is 0.764. The van der Waals surface area contributed by atoms with Crippen molar-refractivity contribution in [2.24, 2.45) is 0 Å². The van der Waals surface area contributed by atoms with Crippen LogP contribution in [0.3, 0.4) is 0 Å². The second-order valence-electron chi connectivity index (χ2n) is 9.02. The van der Waals surface area contributed by atoms with E-state index in [0.29, 0.717) is 0 Å². The van der Waals surface area contributed by atoms with Crippen LogP contribution in [0.25, 0.3) is 0 Å². The molecule has 0 saturated carbocycles. The molecule has 3 aromatic carbocycles. The lowest BCUT2D eigenvalue weighted by atomic mass is 9.71. The lowest BCUT2D eigenvalue weighted by Gasteiger charge is -2.42. The van der Waals surface area contributed by atoms with Crippen LogP contribution in [-0.2, 0) is 10.3 Å². The van der Waals surface area contributed by atoms with Crippen molar-refractivity contribution < 1.29 is 24.3 Å². The summed E-state index contributed by atoms with van der Waals surface area (Å²) >= 11 is 0. The molecule has 0 heterocycles. The standard InChI is InChI=1S/C22H23BO3.C5H14NO/c1-2-21(18-12-6-3-7-13-18)22(26-23(24)25,19-14-8-4-9-15-19)20-16-10-5-11-17-20;1-6(2,3)4-5-7/h3-17,21,24-25H,2H2,1H3;7H,4-5H2,1-3H3/q;+1. The molecule has 0 spiro atoms.